The van der Waals surface area contributed by atoms with Crippen LogP contribution in [0.25, 0.3) is 0 Å². The molecule has 4 saturated heterocycles. The van der Waals surface area contributed by atoms with E-state index in [-0.39, 0.29) is 77.3 Å². The SMILES string of the molecule is COC(=O)NC1=C2/C(=C/CSSSC)[C@](O)(C#C/C=C\C#C[C@@H]2O[C@@H]2O[C@H](C)[C@@H](NOC3C[C@H](O)[C@H](SC(=O)c4c(C)c(I)c(O[C@@H]5O[C@@H](C)[C@H](O)[C@@H](OC)[C@H]5O)c(OC)c4OC)[C@@H](C)O3)[C@H](O)[C@H]2O[C@H]2CC(OC)[C@@H](NC(C)C)CO2)CC1=O. The number of thioether (sulfide) groups is 1. The van der Waals surface area contributed by atoms with E-state index in [9.17, 15) is 39.9 Å². The van der Waals surface area contributed by atoms with Gasteiger partial charge in [0.2, 0.25) is 17.2 Å². The number of hydrogen-bond donors (Lipinski definition) is 8. The van der Waals surface area contributed by atoms with Crippen LogP contribution >= 0.6 is 65.8 Å². The molecule has 8 N–H and O–H groups in total. The first-order chi connectivity index (χ1) is 40.5. The van der Waals surface area contributed by atoms with E-state index in [4.69, 9.17) is 61.7 Å². The maximum atomic E-state index is 14.4. The topological polar surface area (TPSA) is 308 Å². The number of ketones is 1. The number of halogens is 1. The highest BCUT2D eigenvalue weighted by atomic mass is 127. The highest BCUT2D eigenvalue weighted by Gasteiger charge is 2.52. The molecule has 0 saturated carbocycles. The minimum atomic E-state index is -2.06. The normalized spacial score (nSPS) is 35.7. The Kier molecular flexibility index (Phi) is 25.9. The van der Waals surface area contributed by atoms with E-state index in [1.807, 2.05) is 42.7 Å². The minimum Gasteiger partial charge on any atom is -0.492 e. The summed E-state index contributed by atoms with van der Waals surface area (Å²) in [6.07, 6.45) is -11.9. The fourth-order valence-electron chi connectivity index (χ4n) is 10.6. The van der Waals surface area contributed by atoms with Crippen LogP contribution in [0.15, 0.2) is 35.1 Å². The van der Waals surface area contributed by atoms with Gasteiger partial charge in [0, 0.05) is 50.0 Å². The third-order valence-electron chi connectivity index (χ3n) is 14.8. The van der Waals surface area contributed by atoms with Crippen molar-refractivity contribution in [3.05, 3.63) is 49.8 Å². The molecular formula is C56H76IN3O21S4. The fourth-order valence-corrected chi connectivity index (χ4v) is 14.8. The van der Waals surface area contributed by atoms with Gasteiger partial charge in [-0.25, -0.2) is 4.79 Å². The molecule has 29 heteroatoms. The van der Waals surface area contributed by atoms with Crippen molar-refractivity contribution in [2.24, 2.45) is 0 Å². The summed E-state index contributed by atoms with van der Waals surface area (Å²) in [6, 6.07) is -1.19. The van der Waals surface area contributed by atoms with Gasteiger partial charge in [0.15, 0.2) is 41.8 Å². The monoisotopic (exact) mass is 1380 g/mol. The Morgan fingerprint density at radius 2 is 1.60 bits per heavy atom. The standard InChI is InChI=1S/C56H76IN3O21S4/c1-25(2)58-31-24-74-36(22-35(31)69-7)79-49-44(64)41(27(4)76-54(49)78-34-17-15-13-14-16-19-56(68)23-33(62)42(59-55(67)73-11)39(34)30(56)18-20-83-85-82-12)60-81-37-21-32(61)51(29(6)75-37)84-52(66)38-26(3)40(57)47(50(72-10)46(38)70-8)80-53-45(65)48(71-9)43(63)28(5)77-53/h13-14,18,25,27-29,31-32,34-37,41,43-45,48-49,51,53-54,58,60-61,63-65,68H,20-24H2,1-12H3,(H,59,67)/b14-13-,30-18-/t27-,28+,29-,31+,32+,34+,35?,36+,37?,41-,43+,44+,45-,48-,49-,51-,53+,54+,56+/m1/s1. The highest BCUT2D eigenvalue weighted by molar-refractivity contribution is 14.1. The Balaban J connectivity index is 1.12. The molecule has 4 heterocycles. The van der Waals surface area contributed by atoms with Gasteiger partial charge in [0.25, 0.3) is 0 Å². The first-order valence-electron chi connectivity index (χ1n) is 27.3. The molecule has 1 aromatic rings. The smallest absolute Gasteiger partial charge is 0.411 e. The number of alkyl carbamates (subject to hydrolysis) is 1. The summed E-state index contributed by atoms with van der Waals surface area (Å²) in [6.45, 7) is 10.8. The van der Waals surface area contributed by atoms with Gasteiger partial charge in [0.1, 0.15) is 36.6 Å². The number of benzene rings is 1. The van der Waals surface area contributed by atoms with Gasteiger partial charge in [-0.1, -0.05) is 77.0 Å². The number of methoxy groups -OCH3 is 5. The molecule has 472 valence electrons. The number of carbonyl (C=O) groups excluding carboxylic acids is 3. The number of aliphatic hydroxyl groups is 5. The summed E-state index contributed by atoms with van der Waals surface area (Å²) in [5.74, 6) is 11.3. The Labute approximate surface area is 524 Å². The van der Waals surface area contributed by atoms with Crippen molar-refractivity contribution < 1.29 is 102 Å². The van der Waals surface area contributed by atoms with Crippen LogP contribution in [0.1, 0.15) is 69.8 Å². The van der Waals surface area contributed by atoms with E-state index >= 15 is 0 Å². The number of carbonyl (C=O) groups is 3. The van der Waals surface area contributed by atoms with Gasteiger partial charge in [-0.05, 0) is 84.1 Å². The van der Waals surface area contributed by atoms with E-state index in [1.54, 1.807) is 40.9 Å². The van der Waals surface area contributed by atoms with Crippen molar-refractivity contribution in [2.45, 2.75) is 182 Å². The molecule has 2 unspecified atom stereocenters. The van der Waals surface area contributed by atoms with Crippen molar-refractivity contribution in [2.75, 3.05) is 54.2 Å². The lowest BCUT2D eigenvalue weighted by molar-refractivity contribution is -0.336. The lowest BCUT2D eigenvalue weighted by Crippen LogP contribution is -2.65. The molecule has 19 atom stereocenters. The van der Waals surface area contributed by atoms with Gasteiger partial charge < -0.3 is 87.7 Å². The number of nitrogens with one attached hydrogen (secondary N) is 3. The van der Waals surface area contributed by atoms with E-state index in [0.29, 0.717) is 14.9 Å². The summed E-state index contributed by atoms with van der Waals surface area (Å²) in [5, 5.41) is 62.8. The molecule has 0 radical (unpaired) electrons. The van der Waals surface area contributed by atoms with E-state index in [1.165, 1.54) is 64.9 Å². The third kappa shape index (κ3) is 16.3. The lowest BCUT2D eigenvalue weighted by Gasteiger charge is -2.47. The quantitative estimate of drug-likeness (QED) is 0.0270. The second-order valence-corrected chi connectivity index (χ2v) is 27.4. The summed E-state index contributed by atoms with van der Waals surface area (Å²) in [7, 11) is 11.3. The average Bonchev–Trinajstić information content (AvgIpc) is 1.96. The number of fused-ring (bicyclic) bond motifs is 2. The fraction of sp³-hybridized carbons (Fsp3) is 0.661. The van der Waals surface area contributed by atoms with Gasteiger partial charge in [-0.3, -0.25) is 19.7 Å². The van der Waals surface area contributed by atoms with Crippen LogP contribution in [0.4, 0.5) is 4.79 Å². The number of amides is 1. The summed E-state index contributed by atoms with van der Waals surface area (Å²) in [4.78, 5) is 47.6. The van der Waals surface area contributed by atoms with Gasteiger partial charge >= 0.3 is 6.09 Å². The Bertz CT molecular complexity index is 2750. The van der Waals surface area contributed by atoms with Crippen LogP contribution in [0, 0.1) is 34.2 Å². The predicted octanol–water partition coefficient (Wildman–Crippen LogP) is 3.59. The maximum absolute atomic E-state index is 14.4. The number of hydroxylamine groups is 1. The Morgan fingerprint density at radius 3 is 2.26 bits per heavy atom. The van der Waals surface area contributed by atoms with Crippen molar-refractivity contribution in [1.29, 1.82) is 0 Å². The molecule has 1 aromatic carbocycles. The molecule has 0 spiro atoms. The average molecular weight is 1380 g/mol. The largest absolute Gasteiger partial charge is 0.492 e. The first kappa shape index (κ1) is 69.5. The molecule has 2 aliphatic carbocycles. The first-order valence-corrected chi connectivity index (χ1v) is 33.3. The summed E-state index contributed by atoms with van der Waals surface area (Å²) < 4.78 is 72.7. The molecule has 7 rings (SSSR count). The lowest BCUT2D eigenvalue weighted by atomic mass is 9.75. The molecule has 2 bridgehead atoms. The van der Waals surface area contributed by atoms with Gasteiger partial charge in [-0.15, -0.1) is 0 Å². The van der Waals surface area contributed by atoms with Crippen LogP contribution in [0.2, 0.25) is 0 Å². The van der Waals surface area contributed by atoms with Crippen LogP contribution in [0.5, 0.6) is 17.2 Å². The van der Waals surface area contributed by atoms with Crippen LogP contribution in [0.3, 0.4) is 0 Å². The van der Waals surface area contributed by atoms with Crippen LogP contribution < -0.4 is 30.3 Å². The summed E-state index contributed by atoms with van der Waals surface area (Å²) >= 11 is 2.83. The number of ether oxygens (including phenoxy) is 12. The second kappa shape index (κ2) is 31.7. The molecule has 1 amide bonds. The van der Waals surface area contributed by atoms with Gasteiger partial charge in [0.05, 0.1) is 97.0 Å². The molecule has 24 nitrogen and oxygen atoms in total. The minimum absolute atomic E-state index is 0.0163. The molecule has 85 heavy (non-hydrogen) atoms. The van der Waals surface area contributed by atoms with E-state index < -0.39 is 127 Å². The van der Waals surface area contributed by atoms with Gasteiger partial charge in [-0.2, -0.15) is 5.48 Å². The zero-order valence-electron chi connectivity index (χ0n) is 49.0. The predicted molar refractivity (Wildman–Crippen MR) is 324 cm³/mol. The number of allylic oxidation sites excluding steroid dienone is 3. The van der Waals surface area contributed by atoms with Crippen molar-refractivity contribution in [3.8, 4) is 40.9 Å². The van der Waals surface area contributed by atoms with Crippen molar-refractivity contribution in [3.63, 3.8) is 0 Å². The molecule has 4 aliphatic heterocycles. The van der Waals surface area contributed by atoms with E-state index in [2.05, 4.69) is 39.8 Å². The highest BCUT2D eigenvalue weighted by Crippen LogP contribution is 2.49. The summed E-state index contributed by atoms with van der Waals surface area (Å²) in [5.41, 5.74) is 1.30. The molecule has 6 aliphatic rings. The zero-order chi connectivity index (χ0) is 62.0. The molecular weight excluding hydrogens is 1310 g/mol. The third-order valence-corrected chi connectivity index (χ3v) is 21.3. The number of aliphatic hydroxyl groups excluding tert-OH is 4. The van der Waals surface area contributed by atoms with Crippen LogP contribution in [-0.2, 0) is 52.3 Å². The molecule has 0 aromatic heterocycles. The zero-order valence-corrected chi connectivity index (χ0v) is 54.4. The second-order valence-electron chi connectivity index (χ2n) is 20.8. The Hall–Kier alpha value is -2.94. The van der Waals surface area contributed by atoms with E-state index in [0.717, 1.165) is 18.9 Å². The van der Waals surface area contributed by atoms with Crippen molar-refractivity contribution >= 4 is 82.8 Å². The van der Waals surface area contributed by atoms with Crippen molar-refractivity contribution in [1.82, 2.24) is 16.1 Å². The van der Waals surface area contributed by atoms with Crippen LogP contribution in [-0.4, -0.2) is 218 Å². The number of rotatable bonds is 22. The maximum Gasteiger partial charge on any atom is 0.411 e. The molecule has 4 fully saturated rings. The Morgan fingerprint density at radius 1 is 0.882 bits per heavy atom. The number of hydrogen-bond acceptors (Lipinski definition) is 27. The number of Topliss-reactive ketones (excluding diaryl/α,β-unsaturated/α-hetero) is 1.